The zero-order chi connectivity index (χ0) is 26.0. The molecule has 1 aliphatic carbocycles. The molecular weight excluding hydrogens is 466 g/mol. The van der Waals surface area contributed by atoms with E-state index in [1.54, 1.807) is 29.2 Å². The third kappa shape index (κ3) is 7.00. The number of rotatable bonds is 7. The second-order valence-electron chi connectivity index (χ2n) is 9.05. The molecule has 0 heterocycles. The van der Waals surface area contributed by atoms with E-state index in [-0.39, 0.29) is 12.0 Å². The van der Waals surface area contributed by atoms with Crippen LogP contribution in [0, 0.1) is 5.53 Å². The van der Waals surface area contributed by atoms with E-state index in [4.69, 9.17) is 11.3 Å². The second-order valence-corrected chi connectivity index (χ2v) is 9.05. The maximum absolute atomic E-state index is 13.4. The highest BCUT2D eigenvalue weighted by molar-refractivity contribution is 6.05. The van der Waals surface area contributed by atoms with E-state index in [0.717, 1.165) is 11.3 Å². The number of nitrogens with zero attached hydrogens (tertiary/aromatic N) is 3. The lowest BCUT2D eigenvalue weighted by molar-refractivity contribution is 0.0976. The minimum Gasteiger partial charge on any atom is -0.368 e. The minimum absolute atomic E-state index is 0.249. The lowest BCUT2D eigenvalue weighted by atomic mass is 9.84. The molecule has 4 rings (SSSR count). The van der Waals surface area contributed by atoms with Crippen molar-refractivity contribution in [1.82, 2.24) is 5.32 Å². The van der Waals surface area contributed by atoms with Gasteiger partial charge in [-0.3, -0.25) is 15.0 Å². The zero-order valence-electron chi connectivity index (χ0n) is 20.6. The first-order valence-electron chi connectivity index (χ1n) is 12.4. The number of nitrogens with one attached hydrogen (secondary N) is 3. The first-order valence-corrected chi connectivity index (χ1v) is 12.4. The molecule has 0 saturated heterocycles. The fourth-order valence-corrected chi connectivity index (χ4v) is 4.57. The number of urea groups is 1. The van der Waals surface area contributed by atoms with E-state index < -0.39 is 5.91 Å². The molecule has 0 aliphatic heterocycles. The van der Waals surface area contributed by atoms with Gasteiger partial charge in [0.15, 0.2) is 0 Å². The third-order valence-corrected chi connectivity index (χ3v) is 6.51. The molecule has 3 aromatic rings. The van der Waals surface area contributed by atoms with Crippen LogP contribution in [-0.4, -0.2) is 17.9 Å². The van der Waals surface area contributed by atoms with Gasteiger partial charge in [-0.2, -0.15) is 5.53 Å². The summed E-state index contributed by atoms with van der Waals surface area (Å²) in [5, 5.41) is 11.4. The van der Waals surface area contributed by atoms with Crippen molar-refractivity contribution in [3.63, 3.8) is 0 Å². The zero-order valence-corrected chi connectivity index (χ0v) is 20.6. The number of hydrogen-bond acceptors (Lipinski definition) is 4. The number of carbonyl (C=O) groups excluding carboxylic acids is 2. The Morgan fingerprint density at radius 2 is 1.59 bits per heavy atom. The molecule has 0 atom stereocenters. The van der Waals surface area contributed by atoms with Gasteiger partial charge in [0.2, 0.25) is 5.96 Å². The van der Waals surface area contributed by atoms with Crippen LogP contribution in [0.25, 0.3) is 0 Å². The van der Waals surface area contributed by atoms with Crippen molar-refractivity contribution < 1.29 is 9.59 Å². The van der Waals surface area contributed by atoms with Crippen molar-refractivity contribution in [2.24, 2.45) is 16.1 Å². The Balaban J connectivity index is 1.53. The number of para-hydroxylation sites is 1. The summed E-state index contributed by atoms with van der Waals surface area (Å²) in [5.74, 6) is -0.139. The number of anilines is 2. The van der Waals surface area contributed by atoms with E-state index in [2.05, 4.69) is 33.1 Å². The molecule has 3 aromatic carbocycles. The van der Waals surface area contributed by atoms with Crippen LogP contribution in [0.1, 0.15) is 59.5 Å². The molecule has 9 nitrogen and oxygen atoms in total. The molecule has 1 fully saturated rings. The van der Waals surface area contributed by atoms with Crippen molar-refractivity contribution in [2.45, 2.75) is 44.6 Å². The summed E-state index contributed by atoms with van der Waals surface area (Å²) in [5.41, 5.74) is 16.2. The predicted molar refractivity (Wildman–Crippen MR) is 145 cm³/mol. The smallest absolute Gasteiger partial charge is 0.326 e. The average Bonchev–Trinajstić information content (AvgIpc) is 2.93. The molecule has 9 heteroatoms. The van der Waals surface area contributed by atoms with Crippen molar-refractivity contribution in [3.05, 3.63) is 95.6 Å². The van der Waals surface area contributed by atoms with Gasteiger partial charge in [0.25, 0.3) is 5.91 Å². The summed E-state index contributed by atoms with van der Waals surface area (Å²) < 4.78 is 0. The monoisotopic (exact) mass is 497 g/mol. The summed E-state index contributed by atoms with van der Waals surface area (Å²) >= 11 is 0. The van der Waals surface area contributed by atoms with Crippen LogP contribution in [0.3, 0.4) is 0 Å². The second kappa shape index (κ2) is 12.4. The van der Waals surface area contributed by atoms with E-state index in [1.165, 1.54) is 37.7 Å². The van der Waals surface area contributed by atoms with Crippen molar-refractivity contribution in [1.29, 1.82) is 5.53 Å². The van der Waals surface area contributed by atoms with Crippen LogP contribution in [0.15, 0.2) is 89.2 Å². The van der Waals surface area contributed by atoms with Crippen LogP contribution >= 0.6 is 0 Å². The first-order chi connectivity index (χ1) is 18.0. The number of guanidine groups is 1. The number of amides is 3. The Labute approximate surface area is 216 Å². The fourth-order valence-electron chi connectivity index (χ4n) is 4.57. The van der Waals surface area contributed by atoms with Crippen LogP contribution in [0.5, 0.6) is 0 Å². The van der Waals surface area contributed by atoms with Gasteiger partial charge in [-0.25, -0.2) is 4.79 Å². The quantitative estimate of drug-likeness (QED) is 0.139. The number of carbonyl (C=O) groups is 2. The van der Waals surface area contributed by atoms with Gasteiger partial charge in [0.05, 0.1) is 6.54 Å². The van der Waals surface area contributed by atoms with Gasteiger partial charge < -0.3 is 11.1 Å². The molecule has 0 aromatic heterocycles. The highest BCUT2D eigenvalue weighted by Gasteiger charge is 2.19. The van der Waals surface area contributed by atoms with Crippen molar-refractivity contribution >= 4 is 29.3 Å². The Morgan fingerprint density at radius 3 is 2.24 bits per heavy atom. The molecule has 0 unspecified atom stereocenters. The maximum Gasteiger partial charge on any atom is 0.326 e. The topological polar surface area (TPSA) is 136 Å². The van der Waals surface area contributed by atoms with Crippen LogP contribution in [0.4, 0.5) is 16.2 Å². The molecule has 3 amide bonds. The average molecular weight is 498 g/mol. The number of nitrogens with two attached hydrogens (primary N) is 1. The van der Waals surface area contributed by atoms with Gasteiger partial charge >= 0.3 is 6.03 Å². The summed E-state index contributed by atoms with van der Waals surface area (Å²) in [6, 6.07) is 24.3. The summed E-state index contributed by atoms with van der Waals surface area (Å²) in [6.07, 6.45) is 6.28. The van der Waals surface area contributed by atoms with Gasteiger partial charge in [0, 0.05) is 16.9 Å². The van der Waals surface area contributed by atoms with E-state index in [0.29, 0.717) is 23.7 Å². The first kappa shape index (κ1) is 25.6. The molecule has 0 spiro atoms. The standard InChI is InChI=1S/C28H31N7O2/c29-27(33-34-30)32-26(36)23-13-11-20(12-14-23)19-35(28(37)31-24-9-5-2-6-10-24)25-17-15-22(16-18-25)21-7-3-1-4-8-21/h2,5-6,9-18,21H,1,3-4,7-8,19H2,(H,31,37)(H4,29,30,32,33,36). The largest absolute Gasteiger partial charge is 0.368 e. The molecule has 190 valence electrons. The molecule has 1 saturated carbocycles. The van der Waals surface area contributed by atoms with Crippen LogP contribution in [-0.2, 0) is 6.54 Å². The fraction of sp³-hybridized carbons (Fsp3) is 0.250. The van der Waals surface area contributed by atoms with Gasteiger partial charge in [0.1, 0.15) is 0 Å². The van der Waals surface area contributed by atoms with Gasteiger partial charge in [-0.05, 0) is 71.5 Å². The lowest BCUT2D eigenvalue weighted by Crippen LogP contribution is -2.36. The van der Waals surface area contributed by atoms with E-state index in [9.17, 15) is 9.59 Å². The van der Waals surface area contributed by atoms with Crippen molar-refractivity contribution in [3.8, 4) is 0 Å². The Kier molecular flexibility index (Phi) is 8.59. The number of benzene rings is 3. The summed E-state index contributed by atoms with van der Waals surface area (Å²) in [7, 11) is 0. The summed E-state index contributed by atoms with van der Waals surface area (Å²) in [6.45, 7) is 0.310. The van der Waals surface area contributed by atoms with E-state index >= 15 is 0 Å². The minimum atomic E-state index is -0.464. The Bertz CT molecular complexity index is 1240. The van der Waals surface area contributed by atoms with Crippen LogP contribution in [0.2, 0.25) is 0 Å². The maximum atomic E-state index is 13.4. The molecule has 37 heavy (non-hydrogen) atoms. The molecule has 0 bridgehead atoms. The van der Waals surface area contributed by atoms with E-state index in [1.807, 2.05) is 42.5 Å². The molecule has 0 radical (unpaired) electrons. The number of hydrogen-bond donors (Lipinski definition) is 4. The Hall–Kier alpha value is -4.53. The predicted octanol–water partition coefficient (Wildman–Crippen LogP) is 5.96. The highest BCUT2D eigenvalue weighted by atomic mass is 16.2. The highest BCUT2D eigenvalue weighted by Crippen LogP contribution is 2.33. The molecule has 1 aliphatic rings. The lowest BCUT2D eigenvalue weighted by Gasteiger charge is -2.25. The molecular formula is C28H31N7O2. The SMILES string of the molecule is N=NN=C(N)NC(=O)c1ccc(CN(C(=O)Nc2ccccc2)c2ccc(C3CCCCC3)cc2)cc1. The third-order valence-electron chi connectivity index (χ3n) is 6.51. The normalized spacial score (nSPS) is 14.0. The van der Waals surface area contributed by atoms with Gasteiger partial charge in [-0.1, -0.05) is 66.8 Å². The summed E-state index contributed by atoms with van der Waals surface area (Å²) in [4.78, 5) is 27.4. The van der Waals surface area contributed by atoms with Crippen LogP contribution < -0.4 is 21.3 Å². The van der Waals surface area contributed by atoms with Crippen molar-refractivity contribution in [2.75, 3.05) is 10.2 Å². The van der Waals surface area contributed by atoms with Gasteiger partial charge in [-0.15, -0.1) is 0 Å². The Morgan fingerprint density at radius 1 is 0.919 bits per heavy atom. The molecule has 5 N–H and O–H groups in total.